The Morgan fingerprint density at radius 2 is 1.76 bits per heavy atom. The first kappa shape index (κ1) is 18.2. The summed E-state index contributed by atoms with van der Waals surface area (Å²) in [5, 5.41) is 5.86. The number of aromatic nitrogens is 2. The minimum absolute atomic E-state index is 0.0700. The van der Waals surface area contributed by atoms with Crippen molar-refractivity contribution in [3.8, 4) is 11.3 Å². The molecule has 29 heavy (non-hydrogen) atoms. The molecule has 0 spiro atoms. The maximum Gasteiger partial charge on any atom is 0.257 e. The summed E-state index contributed by atoms with van der Waals surface area (Å²) >= 11 is 0. The predicted octanol–water partition coefficient (Wildman–Crippen LogP) is 3.86. The molecule has 148 valence electrons. The van der Waals surface area contributed by atoms with Gasteiger partial charge in [0.15, 0.2) is 0 Å². The van der Waals surface area contributed by atoms with Crippen LogP contribution in [-0.4, -0.2) is 41.0 Å². The molecule has 0 unspecified atom stereocenters. The van der Waals surface area contributed by atoms with Crippen LogP contribution in [0.3, 0.4) is 0 Å². The fraction of sp³-hybridized carbons (Fsp3) is 0.292. The van der Waals surface area contributed by atoms with Crippen molar-refractivity contribution >= 4 is 21.8 Å². The van der Waals surface area contributed by atoms with Crippen molar-refractivity contribution in [3.63, 3.8) is 0 Å². The van der Waals surface area contributed by atoms with E-state index in [1.165, 1.54) is 18.4 Å². The molecule has 0 bridgehead atoms. The van der Waals surface area contributed by atoms with Crippen LogP contribution in [0.2, 0.25) is 0 Å². The number of para-hydroxylation sites is 1. The fourth-order valence-corrected chi connectivity index (χ4v) is 4.26. The molecule has 5 rings (SSSR count). The van der Waals surface area contributed by atoms with Crippen LogP contribution in [-0.2, 0) is 6.54 Å². The molecule has 0 aliphatic carbocycles. The smallest absolute Gasteiger partial charge is 0.257 e. The number of piperidine rings is 1. The van der Waals surface area contributed by atoms with E-state index in [4.69, 9.17) is 0 Å². The van der Waals surface area contributed by atoms with E-state index < -0.39 is 0 Å². The van der Waals surface area contributed by atoms with Crippen LogP contribution < -0.4 is 10.9 Å². The van der Waals surface area contributed by atoms with Gasteiger partial charge in [-0.15, -0.1) is 0 Å². The lowest BCUT2D eigenvalue weighted by Gasteiger charge is -2.29. The molecule has 2 aromatic carbocycles. The van der Waals surface area contributed by atoms with Crippen molar-refractivity contribution < 1.29 is 0 Å². The van der Waals surface area contributed by atoms with E-state index in [-0.39, 0.29) is 5.56 Å². The number of hydrogen-bond acceptors (Lipinski definition) is 3. The second-order valence-corrected chi connectivity index (χ2v) is 8.16. The van der Waals surface area contributed by atoms with Crippen LogP contribution in [0.4, 0.5) is 0 Å². The summed E-state index contributed by atoms with van der Waals surface area (Å²) in [4.78, 5) is 21.4. The van der Waals surface area contributed by atoms with Crippen molar-refractivity contribution in [1.82, 2.24) is 20.2 Å². The topological polar surface area (TPSA) is 63.9 Å². The Morgan fingerprint density at radius 3 is 2.62 bits per heavy atom. The third-order valence-electron chi connectivity index (χ3n) is 6.04. The highest BCUT2D eigenvalue weighted by Crippen LogP contribution is 2.25. The number of rotatable bonds is 4. The first-order valence-corrected chi connectivity index (χ1v) is 10.3. The Bertz CT molecular complexity index is 1210. The fourth-order valence-electron chi connectivity index (χ4n) is 4.26. The lowest BCUT2D eigenvalue weighted by Crippen LogP contribution is -2.40. The molecule has 0 atom stereocenters. The Hall–Kier alpha value is -2.89. The maximum absolute atomic E-state index is 12.6. The van der Waals surface area contributed by atoms with Crippen molar-refractivity contribution in [1.29, 1.82) is 0 Å². The zero-order valence-corrected chi connectivity index (χ0v) is 16.7. The number of fused-ring (bicyclic) bond motifs is 2. The van der Waals surface area contributed by atoms with Gasteiger partial charge in [-0.1, -0.05) is 24.3 Å². The largest absolute Gasteiger partial charge is 0.354 e. The van der Waals surface area contributed by atoms with Crippen molar-refractivity contribution in [2.24, 2.45) is 0 Å². The molecule has 1 fully saturated rings. The summed E-state index contributed by atoms with van der Waals surface area (Å²) in [6, 6.07) is 19.0. The average molecular weight is 386 g/mol. The standard InChI is InChI=1S/C24H26N4O/c1-28-10-8-19(9-11-28)25-15-16-6-7-22-18(12-16)14-23(26-22)20-13-17-4-2-3-5-21(17)27-24(20)29/h2-7,12-14,19,25-26H,8-11,15H2,1H3,(H,27,29). The Labute approximate surface area is 169 Å². The third-order valence-corrected chi connectivity index (χ3v) is 6.04. The van der Waals surface area contributed by atoms with Gasteiger partial charge in [0, 0.05) is 29.0 Å². The van der Waals surface area contributed by atoms with E-state index in [1.807, 2.05) is 30.3 Å². The van der Waals surface area contributed by atoms with Crippen LogP contribution in [0.5, 0.6) is 0 Å². The highest BCUT2D eigenvalue weighted by atomic mass is 16.1. The van der Waals surface area contributed by atoms with Crippen molar-refractivity contribution in [2.75, 3.05) is 20.1 Å². The van der Waals surface area contributed by atoms with E-state index >= 15 is 0 Å². The molecule has 5 nitrogen and oxygen atoms in total. The van der Waals surface area contributed by atoms with Gasteiger partial charge < -0.3 is 20.2 Å². The van der Waals surface area contributed by atoms with Gasteiger partial charge in [0.25, 0.3) is 5.56 Å². The van der Waals surface area contributed by atoms with Crippen LogP contribution in [0.15, 0.2) is 59.4 Å². The molecule has 0 saturated carbocycles. The molecule has 5 heteroatoms. The first-order chi connectivity index (χ1) is 14.2. The van der Waals surface area contributed by atoms with E-state index in [1.54, 1.807) is 0 Å². The summed E-state index contributed by atoms with van der Waals surface area (Å²) in [5.41, 5.74) is 4.64. The number of aromatic amines is 2. The average Bonchev–Trinajstić information content (AvgIpc) is 3.16. The molecule has 1 aliphatic rings. The predicted molar refractivity (Wildman–Crippen MR) is 119 cm³/mol. The van der Waals surface area contributed by atoms with Gasteiger partial charge >= 0.3 is 0 Å². The Morgan fingerprint density at radius 1 is 0.966 bits per heavy atom. The number of likely N-dealkylation sites (tertiary alicyclic amines) is 1. The van der Waals surface area contributed by atoms with Crippen molar-refractivity contribution in [2.45, 2.75) is 25.4 Å². The van der Waals surface area contributed by atoms with Gasteiger partial charge in [-0.2, -0.15) is 0 Å². The minimum Gasteiger partial charge on any atom is -0.354 e. The van der Waals surface area contributed by atoms with E-state index in [0.717, 1.165) is 47.1 Å². The lowest BCUT2D eigenvalue weighted by atomic mass is 10.0. The van der Waals surface area contributed by atoms with Crippen LogP contribution in [0, 0.1) is 0 Å². The maximum atomic E-state index is 12.6. The van der Waals surface area contributed by atoms with E-state index in [0.29, 0.717) is 11.6 Å². The van der Waals surface area contributed by atoms with Gasteiger partial charge in [-0.25, -0.2) is 0 Å². The van der Waals surface area contributed by atoms with E-state index in [9.17, 15) is 4.79 Å². The summed E-state index contributed by atoms with van der Waals surface area (Å²) in [5.74, 6) is 0. The number of benzene rings is 2. The monoisotopic (exact) mass is 386 g/mol. The second-order valence-electron chi connectivity index (χ2n) is 8.16. The van der Waals surface area contributed by atoms with Gasteiger partial charge in [0.1, 0.15) is 0 Å². The molecule has 3 heterocycles. The van der Waals surface area contributed by atoms with Gasteiger partial charge in [0.05, 0.1) is 11.3 Å². The van der Waals surface area contributed by atoms with Crippen LogP contribution >= 0.6 is 0 Å². The summed E-state index contributed by atoms with van der Waals surface area (Å²) in [6.07, 6.45) is 2.41. The highest BCUT2D eigenvalue weighted by Gasteiger charge is 2.16. The zero-order chi connectivity index (χ0) is 19.8. The van der Waals surface area contributed by atoms with Crippen LogP contribution in [0.1, 0.15) is 18.4 Å². The van der Waals surface area contributed by atoms with Gasteiger partial charge in [0.2, 0.25) is 0 Å². The summed E-state index contributed by atoms with van der Waals surface area (Å²) in [7, 11) is 2.19. The minimum atomic E-state index is -0.0700. The van der Waals surface area contributed by atoms with Gasteiger partial charge in [-0.05, 0) is 74.3 Å². The van der Waals surface area contributed by atoms with Crippen LogP contribution in [0.25, 0.3) is 33.1 Å². The molecule has 0 amide bonds. The zero-order valence-electron chi connectivity index (χ0n) is 16.7. The molecule has 1 saturated heterocycles. The number of pyridine rings is 1. The number of hydrogen-bond donors (Lipinski definition) is 3. The third kappa shape index (κ3) is 3.71. The Kier molecular flexibility index (Phi) is 4.70. The number of nitrogens with zero attached hydrogens (tertiary/aromatic N) is 1. The highest BCUT2D eigenvalue weighted by molar-refractivity contribution is 5.89. The number of H-pyrrole nitrogens is 2. The normalized spacial score (nSPS) is 16.0. The van der Waals surface area contributed by atoms with E-state index in [2.05, 4.69) is 51.5 Å². The molecule has 0 radical (unpaired) electrons. The Balaban J connectivity index is 1.39. The molecule has 2 aromatic heterocycles. The van der Waals surface area contributed by atoms with Crippen molar-refractivity contribution in [3.05, 3.63) is 70.5 Å². The molecule has 4 aromatic rings. The molecule has 3 N–H and O–H groups in total. The first-order valence-electron chi connectivity index (χ1n) is 10.3. The molecule has 1 aliphatic heterocycles. The van der Waals surface area contributed by atoms with Gasteiger partial charge in [-0.3, -0.25) is 4.79 Å². The quantitative estimate of drug-likeness (QED) is 0.499. The number of nitrogens with one attached hydrogen (secondary N) is 3. The SMILES string of the molecule is CN1CCC(NCc2ccc3[nH]c(-c4cc5ccccc5[nH]c4=O)cc3c2)CC1. The lowest BCUT2D eigenvalue weighted by molar-refractivity contribution is 0.234. The summed E-state index contributed by atoms with van der Waals surface area (Å²) in [6.45, 7) is 3.21. The molecular formula is C24H26N4O. The summed E-state index contributed by atoms with van der Waals surface area (Å²) < 4.78 is 0. The second kappa shape index (κ2) is 7.50. The molecular weight excluding hydrogens is 360 g/mol.